The van der Waals surface area contributed by atoms with Crippen molar-refractivity contribution < 1.29 is 14.7 Å². The summed E-state index contributed by atoms with van der Waals surface area (Å²) in [5.74, 6) is 1.92. The van der Waals surface area contributed by atoms with Crippen LogP contribution in [0, 0.1) is 0 Å². The second-order valence-corrected chi connectivity index (χ2v) is 6.88. The topological polar surface area (TPSA) is 78.8 Å². The molecule has 0 aliphatic carbocycles. The van der Waals surface area contributed by atoms with Crippen molar-refractivity contribution in [2.75, 3.05) is 37.5 Å². The average molecular weight is 436 g/mol. The van der Waals surface area contributed by atoms with Crippen LogP contribution in [-0.4, -0.2) is 47.0 Å². The number of aliphatic hydroxyl groups excluding tert-OH is 1. The molecule has 0 bridgehead atoms. The Balaban J connectivity index is 0.00000102. The SMILES string of the molecule is CO.CO[n+]1cccc(CNc2cc(N3CCCC3)nc3c(Br)cnn23)c1. The first-order valence-corrected chi connectivity index (χ1v) is 9.56. The summed E-state index contributed by atoms with van der Waals surface area (Å²) in [6, 6.07) is 6.09. The second-order valence-electron chi connectivity index (χ2n) is 6.03. The van der Waals surface area contributed by atoms with Gasteiger partial charge in [-0.15, -0.1) is 0 Å². The maximum Gasteiger partial charge on any atom is 0.227 e. The number of hydrogen-bond donors (Lipinski definition) is 2. The molecular formula is C18H24BrN6O2+. The largest absolute Gasteiger partial charge is 0.400 e. The van der Waals surface area contributed by atoms with Crippen LogP contribution in [-0.2, 0) is 6.54 Å². The van der Waals surface area contributed by atoms with Gasteiger partial charge >= 0.3 is 0 Å². The smallest absolute Gasteiger partial charge is 0.227 e. The van der Waals surface area contributed by atoms with Gasteiger partial charge in [0.05, 0.1) is 10.7 Å². The van der Waals surface area contributed by atoms with Crippen molar-refractivity contribution >= 4 is 33.2 Å². The van der Waals surface area contributed by atoms with Crippen molar-refractivity contribution in [3.8, 4) is 0 Å². The Labute approximate surface area is 166 Å². The fourth-order valence-corrected chi connectivity index (χ4v) is 3.42. The van der Waals surface area contributed by atoms with E-state index in [0.717, 1.165) is 47.5 Å². The Morgan fingerprint density at radius 3 is 2.85 bits per heavy atom. The van der Waals surface area contributed by atoms with Crippen LogP contribution in [0.5, 0.6) is 0 Å². The van der Waals surface area contributed by atoms with Gasteiger partial charge in [0.25, 0.3) is 0 Å². The predicted molar refractivity (Wildman–Crippen MR) is 107 cm³/mol. The van der Waals surface area contributed by atoms with E-state index in [2.05, 4.69) is 43.4 Å². The Morgan fingerprint density at radius 1 is 1.33 bits per heavy atom. The van der Waals surface area contributed by atoms with Crippen LogP contribution in [0.3, 0.4) is 0 Å². The van der Waals surface area contributed by atoms with Gasteiger partial charge in [-0.1, -0.05) is 0 Å². The van der Waals surface area contributed by atoms with Crippen LogP contribution in [0.4, 0.5) is 11.6 Å². The predicted octanol–water partition coefficient (Wildman–Crippen LogP) is 1.66. The van der Waals surface area contributed by atoms with Gasteiger partial charge in [-0.2, -0.15) is 9.61 Å². The molecule has 0 unspecified atom stereocenters. The van der Waals surface area contributed by atoms with E-state index in [1.807, 2.05) is 23.0 Å². The molecule has 0 amide bonds. The number of anilines is 2. The van der Waals surface area contributed by atoms with Gasteiger partial charge in [0.15, 0.2) is 5.65 Å². The number of nitrogens with zero attached hydrogens (tertiary/aromatic N) is 5. The lowest BCUT2D eigenvalue weighted by Gasteiger charge is -2.18. The highest BCUT2D eigenvalue weighted by Crippen LogP contribution is 2.26. The lowest BCUT2D eigenvalue weighted by Crippen LogP contribution is -2.40. The van der Waals surface area contributed by atoms with E-state index in [0.29, 0.717) is 6.54 Å². The van der Waals surface area contributed by atoms with Gasteiger partial charge in [-0.3, -0.25) is 4.84 Å². The summed E-state index contributed by atoms with van der Waals surface area (Å²) >= 11 is 3.55. The highest BCUT2D eigenvalue weighted by molar-refractivity contribution is 9.10. The Kier molecular flexibility index (Phi) is 6.46. The Morgan fingerprint density at radius 2 is 2.11 bits per heavy atom. The maximum absolute atomic E-state index is 7.00. The maximum atomic E-state index is 7.00. The zero-order valence-corrected chi connectivity index (χ0v) is 17.1. The number of fused-ring (bicyclic) bond motifs is 1. The Bertz CT molecular complexity index is 895. The summed E-state index contributed by atoms with van der Waals surface area (Å²) in [5, 5.41) is 14.9. The highest BCUT2D eigenvalue weighted by atomic mass is 79.9. The molecule has 27 heavy (non-hydrogen) atoms. The number of nitrogens with one attached hydrogen (secondary N) is 1. The van der Waals surface area contributed by atoms with E-state index < -0.39 is 0 Å². The fraction of sp³-hybridized carbons (Fsp3) is 0.389. The van der Waals surface area contributed by atoms with E-state index in [-0.39, 0.29) is 0 Å². The first-order valence-electron chi connectivity index (χ1n) is 8.77. The summed E-state index contributed by atoms with van der Waals surface area (Å²) in [6.07, 6.45) is 8.03. The minimum atomic E-state index is 0.667. The number of aromatic nitrogens is 4. The molecule has 1 aliphatic rings. The third kappa shape index (κ3) is 4.30. The van der Waals surface area contributed by atoms with Crippen molar-refractivity contribution in [2.24, 2.45) is 0 Å². The van der Waals surface area contributed by atoms with Gasteiger partial charge in [0.2, 0.25) is 12.4 Å². The van der Waals surface area contributed by atoms with Crippen LogP contribution in [0.15, 0.2) is 41.3 Å². The fourth-order valence-electron chi connectivity index (χ4n) is 3.07. The van der Waals surface area contributed by atoms with Crippen LogP contribution in [0.2, 0.25) is 0 Å². The zero-order chi connectivity index (χ0) is 19.2. The lowest BCUT2D eigenvalue weighted by molar-refractivity contribution is -0.885. The standard InChI is InChI=1S/C17H20BrN6O.CH4O/c1-25-23-8-4-5-13(12-23)10-19-15-9-16(22-6-2-3-7-22)21-17-14(18)11-20-24(15)17;1-2/h4-5,8-9,11-12,19H,2-3,6-7,10H2,1H3;2H,1H3/q+1;. The van der Waals surface area contributed by atoms with Crippen LogP contribution < -0.4 is 19.8 Å². The molecule has 0 spiro atoms. The van der Waals surface area contributed by atoms with E-state index >= 15 is 0 Å². The number of halogens is 1. The molecule has 9 heteroatoms. The molecule has 4 rings (SSSR count). The van der Waals surface area contributed by atoms with Crippen molar-refractivity contribution in [1.82, 2.24) is 14.6 Å². The summed E-state index contributed by atoms with van der Waals surface area (Å²) in [6.45, 7) is 2.78. The van der Waals surface area contributed by atoms with Crippen molar-refractivity contribution in [1.29, 1.82) is 0 Å². The Hall–Kier alpha value is -2.39. The number of rotatable bonds is 5. The van der Waals surface area contributed by atoms with Gasteiger partial charge < -0.3 is 15.3 Å². The molecule has 3 aromatic rings. The van der Waals surface area contributed by atoms with E-state index in [1.165, 1.54) is 12.8 Å². The average Bonchev–Trinajstić information content (AvgIpc) is 3.38. The van der Waals surface area contributed by atoms with Gasteiger partial charge in [-0.05, 0) is 34.8 Å². The van der Waals surface area contributed by atoms with E-state index in [4.69, 9.17) is 14.9 Å². The minimum Gasteiger partial charge on any atom is -0.400 e. The molecule has 0 aromatic carbocycles. The van der Waals surface area contributed by atoms with Crippen LogP contribution >= 0.6 is 15.9 Å². The summed E-state index contributed by atoms with van der Waals surface area (Å²) in [5.41, 5.74) is 1.94. The van der Waals surface area contributed by atoms with Crippen molar-refractivity contribution in [3.05, 3.63) is 46.8 Å². The van der Waals surface area contributed by atoms with E-state index in [9.17, 15) is 0 Å². The summed E-state index contributed by atoms with van der Waals surface area (Å²) in [7, 11) is 2.65. The number of pyridine rings is 1. The monoisotopic (exact) mass is 435 g/mol. The molecule has 1 saturated heterocycles. The first kappa shape index (κ1) is 19.4. The molecule has 144 valence electrons. The molecule has 1 aliphatic heterocycles. The highest BCUT2D eigenvalue weighted by Gasteiger charge is 2.17. The van der Waals surface area contributed by atoms with Gasteiger partial charge in [-0.25, -0.2) is 4.98 Å². The molecule has 2 N–H and O–H groups in total. The molecule has 1 fully saturated rings. The lowest BCUT2D eigenvalue weighted by atomic mass is 10.3. The second kappa shape index (κ2) is 9.01. The van der Waals surface area contributed by atoms with Crippen LogP contribution in [0.1, 0.15) is 18.4 Å². The third-order valence-corrected chi connectivity index (χ3v) is 4.93. The zero-order valence-electron chi connectivity index (χ0n) is 15.5. The molecule has 3 aromatic heterocycles. The summed E-state index contributed by atoms with van der Waals surface area (Å²) < 4.78 is 4.41. The molecule has 0 atom stereocenters. The number of hydrogen-bond acceptors (Lipinski definition) is 6. The summed E-state index contributed by atoms with van der Waals surface area (Å²) in [4.78, 5) is 12.3. The minimum absolute atomic E-state index is 0.667. The van der Waals surface area contributed by atoms with Crippen molar-refractivity contribution in [2.45, 2.75) is 19.4 Å². The quantitative estimate of drug-likeness (QED) is 0.593. The van der Waals surface area contributed by atoms with Gasteiger partial charge in [0, 0.05) is 49.2 Å². The molecule has 0 radical (unpaired) electrons. The van der Waals surface area contributed by atoms with E-state index in [1.54, 1.807) is 18.0 Å². The first-order chi connectivity index (χ1) is 13.2. The molecule has 4 heterocycles. The van der Waals surface area contributed by atoms with Crippen LogP contribution in [0.25, 0.3) is 5.65 Å². The third-order valence-electron chi connectivity index (χ3n) is 4.37. The molecule has 8 nitrogen and oxygen atoms in total. The number of aliphatic hydroxyl groups is 1. The normalized spacial score (nSPS) is 13.4. The molecule has 0 saturated carbocycles. The van der Waals surface area contributed by atoms with Gasteiger partial charge in [0.1, 0.15) is 18.7 Å². The molecular weight excluding hydrogens is 412 g/mol. The van der Waals surface area contributed by atoms with Crippen molar-refractivity contribution in [3.63, 3.8) is 0 Å².